The quantitative estimate of drug-likeness (QED) is 0.155. The zero-order valence-electron chi connectivity index (χ0n) is 49.6. The molecule has 3 aliphatic heterocycles. The van der Waals surface area contributed by atoms with Crippen molar-refractivity contribution in [2.24, 2.45) is 0 Å². The lowest BCUT2D eigenvalue weighted by atomic mass is 9.61. The molecule has 3 fully saturated rings. The molecular formula is C76H76N6. The summed E-state index contributed by atoms with van der Waals surface area (Å²) in [5.41, 5.74) is 22.9. The Morgan fingerprint density at radius 2 is 0.671 bits per heavy atom. The molecule has 0 spiro atoms. The summed E-state index contributed by atoms with van der Waals surface area (Å²) in [6.45, 7) is 21.7. The third kappa shape index (κ3) is 6.50. The minimum absolute atomic E-state index is 0.00606. The van der Waals surface area contributed by atoms with Gasteiger partial charge >= 0.3 is 0 Å². The summed E-state index contributed by atoms with van der Waals surface area (Å²) in [5.74, 6) is 0. The van der Waals surface area contributed by atoms with Gasteiger partial charge in [-0.05, 0) is 241 Å². The van der Waals surface area contributed by atoms with Crippen molar-refractivity contribution in [3.63, 3.8) is 0 Å². The van der Waals surface area contributed by atoms with Crippen LogP contribution < -0.4 is 14.7 Å². The third-order valence-corrected chi connectivity index (χ3v) is 23.4. The van der Waals surface area contributed by atoms with Crippen LogP contribution in [0.15, 0.2) is 152 Å². The molecule has 6 nitrogen and oxygen atoms in total. The van der Waals surface area contributed by atoms with Crippen LogP contribution in [0.5, 0.6) is 0 Å². The van der Waals surface area contributed by atoms with E-state index in [1.54, 1.807) is 0 Å². The van der Waals surface area contributed by atoms with E-state index in [9.17, 15) is 0 Å². The van der Waals surface area contributed by atoms with Crippen LogP contribution in [-0.2, 0) is 16.2 Å². The smallest absolute Gasteiger partial charge is 0.0517 e. The lowest BCUT2D eigenvalue weighted by Gasteiger charge is -2.50. The van der Waals surface area contributed by atoms with Gasteiger partial charge in [-0.25, -0.2) is 0 Å². The summed E-state index contributed by atoms with van der Waals surface area (Å²) >= 11 is 0. The van der Waals surface area contributed by atoms with E-state index in [0.29, 0.717) is 0 Å². The van der Waals surface area contributed by atoms with Gasteiger partial charge in [0.25, 0.3) is 0 Å². The van der Waals surface area contributed by atoms with Crippen LogP contribution >= 0.6 is 0 Å². The van der Waals surface area contributed by atoms with E-state index in [1.165, 1.54) is 174 Å². The van der Waals surface area contributed by atoms with Gasteiger partial charge in [-0.2, -0.15) is 0 Å². The lowest BCUT2D eigenvalue weighted by Crippen LogP contribution is -2.54. The highest BCUT2D eigenvalue weighted by molar-refractivity contribution is 6.30. The SMILES string of the molecule is Cc1cc(N2c3ccc(-c4ccc5ccc6c(-c7ccc8c(c7)C7(C)CCCCC7(C)N8c7ccnc(C)c7)cc(-c7ccc8c(c7)C7(C)CCCCC7(C)N8c7ccnc(C)c7)c7ccc4c5c67)cc3C3(C)CCCCC23C)ccn1. The van der Waals surface area contributed by atoms with Crippen LogP contribution in [0.1, 0.15) is 152 Å². The normalized spacial score (nSPS) is 27.2. The first-order valence-corrected chi connectivity index (χ1v) is 31.0. The molecule has 0 amide bonds. The minimum Gasteiger partial charge on any atom is -0.334 e. The fourth-order valence-electron chi connectivity index (χ4n) is 18.6. The van der Waals surface area contributed by atoms with Crippen LogP contribution in [0.25, 0.3) is 65.7 Å². The Kier molecular flexibility index (Phi) is 10.6. The second-order valence-electron chi connectivity index (χ2n) is 27.4. The summed E-state index contributed by atoms with van der Waals surface area (Å²) in [4.78, 5) is 22.0. The van der Waals surface area contributed by atoms with E-state index < -0.39 is 0 Å². The second-order valence-corrected chi connectivity index (χ2v) is 27.4. The summed E-state index contributed by atoms with van der Waals surface area (Å²) in [5, 5.41) is 7.97. The molecule has 3 saturated carbocycles. The maximum absolute atomic E-state index is 4.67. The highest BCUT2D eigenvalue weighted by Gasteiger charge is 2.60. The first-order valence-electron chi connectivity index (χ1n) is 31.0. The molecule has 3 aliphatic carbocycles. The molecule has 0 radical (unpaired) electrons. The summed E-state index contributed by atoms with van der Waals surface area (Å²) in [6.07, 6.45) is 20.4. The number of pyridine rings is 3. The van der Waals surface area contributed by atoms with Crippen molar-refractivity contribution in [1.29, 1.82) is 0 Å². The Labute approximate surface area is 485 Å². The van der Waals surface area contributed by atoms with E-state index in [0.717, 1.165) is 36.3 Å². The molecule has 6 heteroatoms. The van der Waals surface area contributed by atoms with Gasteiger partial charge in [-0.1, -0.05) is 114 Å². The molecule has 3 aromatic heterocycles. The monoisotopic (exact) mass is 1070 g/mol. The Balaban J connectivity index is 0.930. The molecule has 6 atom stereocenters. The van der Waals surface area contributed by atoms with Gasteiger partial charge < -0.3 is 14.7 Å². The highest BCUT2D eigenvalue weighted by atomic mass is 15.3. The highest BCUT2D eigenvalue weighted by Crippen LogP contribution is 2.65. The number of aryl methyl sites for hydroxylation is 3. The number of hydrogen-bond donors (Lipinski definition) is 0. The van der Waals surface area contributed by atoms with Crippen LogP contribution in [0.4, 0.5) is 34.1 Å². The zero-order chi connectivity index (χ0) is 55.9. The fourth-order valence-corrected chi connectivity index (χ4v) is 18.6. The van der Waals surface area contributed by atoms with Crippen molar-refractivity contribution in [2.75, 3.05) is 14.7 Å². The maximum atomic E-state index is 4.67. The van der Waals surface area contributed by atoms with Gasteiger partial charge in [0.15, 0.2) is 0 Å². The summed E-state index contributed by atoms with van der Waals surface area (Å²) in [7, 11) is 0. The van der Waals surface area contributed by atoms with E-state index >= 15 is 0 Å². The van der Waals surface area contributed by atoms with Crippen molar-refractivity contribution in [2.45, 2.75) is 172 Å². The Bertz CT molecular complexity index is 4180. The average molecular weight is 1070 g/mol. The molecule has 6 heterocycles. The van der Waals surface area contributed by atoms with Crippen molar-refractivity contribution >= 4 is 66.4 Å². The molecule has 82 heavy (non-hydrogen) atoms. The van der Waals surface area contributed by atoms with Crippen LogP contribution in [0.3, 0.4) is 0 Å². The fraction of sp³-hybridized carbons (Fsp3) is 0.355. The van der Waals surface area contributed by atoms with Gasteiger partial charge in [-0.15, -0.1) is 0 Å². The predicted molar refractivity (Wildman–Crippen MR) is 342 cm³/mol. The Morgan fingerprint density at radius 3 is 1.06 bits per heavy atom. The molecular weight excluding hydrogens is 997 g/mol. The van der Waals surface area contributed by atoms with Gasteiger partial charge in [0, 0.05) is 86.0 Å². The van der Waals surface area contributed by atoms with Gasteiger partial charge in [0.1, 0.15) is 0 Å². The van der Waals surface area contributed by atoms with Crippen molar-refractivity contribution in [1.82, 2.24) is 15.0 Å². The van der Waals surface area contributed by atoms with Crippen molar-refractivity contribution < 1.29 is 0 Å². The molecule has 0 saturated heterocycles. The molecule has 410 valence electrons. The standard InChI is InChI=1S/C76H76N6/c1-47-40-54(28-37-77-47)80-66-25-18-51(43-63(66)71(4)31-10-13-34-74(71,80)7)57-21-16-50-17-22-59-61(52-19-26-67-64(44-52)72(5)32-11-14-35-75(72,8)81(67)55-29-38-78-48(2)41-55)46-62(60-24-23-58(57)69(50)70(59)60)53-20-27-68-65(45-53)73(6)33-12-15-36-76(73,9)82(68)56-30-39-79-49(3)42-56/h16-30,37-46H,10-15,31-36H2,1-9H3. The van der Waals surface area contributed by atoms with E-state index in [2.05, 4.69) is 225 Å². The summed E-state index contributed by atoms with van der Waals surface area (Å²) in [6, 6.07) is 53.4. The molecule has 0 N–H and O–H groups in total. The van der Waals surface area contributed by atoms with Crippen LogP contribution in [-0.4, -0.2) is 31.6 Å². The number of nitrogens with zero attached hydrogens (tertiary/aromatic N) is 6. The topological polar surface area (TPSA) is 48.4 Å². The predicted octanol–water partition coefficient (Wildman–Crippen LogP) is 19.9. The second kappa shape index (κ2) is 17.3. The van der Waals surface area contributed by atoms with E-state index in [1.807, 2.05) is 18.6 Å². The van der Waals surface area contributed by atoms with Crippen molar-refractivity contribution in [3.8, 4) is 33.4 Å². The van der Waals surface area contributed by atoms with E-state index in [4.69, 9.17) is 0 Å². The molecule has 6 unspecified atom stereocenters. The molecule has 16 rings (SSSR count). The Morgan fingerprint density at radius 1 is 0.329 bits per heavy atom. The number of fused-ring (bicyclic) bond motifs is 9. The zero-order valence-corrected chi connectivity index (χ0v) is 49.6. The average Bonchev–Trinajstić information content (AvgIpc) is 1.67. The number of aromatic nitrogens is 3. The third-order valence-electron chi connectivity index (χ3n) is 23.4. The molecule has 6 aliphatic rings. The van der Waals surface area contributed by atoms with Gasteiger partial charge in [-0.3, -0.25) is 15.0 Å². The van der Waals surface area contributed by atoms with Crippen molar-refractivity contribution in [3.05, 3.63) is 186 Å². The Hall–Kier alpha value is -7.57. The maximum Gasteiger partial charge on any atom is 0.0517 e. The molecule has 7 aromatic carbocycles. The number of hydrogen-bond acceptors (Lipinski definition) is 6. The number of anilines is 6. The number of benzene rings is 7. The van der Waals surface area contributed by atoms with Crippen LogP contribution in [0, 0.1) is 20.8 Å². The van der Waals surface area contributed by atoms with Crippen LogP contribution in [0.2, 0.25) is 0 Å². The van der Waals surface area contributed by atoms with Gasteiger partial charge in [0.05, 0.1) is 16.6 Å². The molecule has 0 bridgehead atoms. The molecule has 10 aromatic rings. The number of rotatable bonds is 6. The first kappa shape index (κ1) is 50.2. The van der Waals surface area contributed by atoms with E-state index in [-0.39, 0.29) is 32.9 Å². The van der Waals surface area contributed by atoms with Gasteiger partial charge in [0.2, 0.25) is 0 Å². The lowest BCUT2D eigenvalue weighted by molar-refractivity contribution is 0.195. The minimum atomic E-state index is -0.0673. The first-order chi connectivity index (χ1) is 39.6. The largest absolute Gasteiger partial charge is 0.334 e. The summed E-state index contributed by atoms with van der Waals surface area (Å²) < 4.78 is 0.